The van der Waals surface area contributed by atoms with Crippen LogP contribution in [0.5, 0.6) is 0 Å². The molecule has 1 saturated heterocycles. The molecule has 0 spiro atoms. The molecular formula is C16H31N3O. The Hall–Kier alpha value is -0.610. The zero-order valence-electron chi connectivity index (χ0n) is 13.2. The lowest BCUT2D eigenvalue weighted by molar-refractivity contribution is -0.131. The minimum Gasteiger partial charge on any atom is -0.343 e. The van der Waals surface area contributed by atoms with Gasteiger partial charge in [0.2, 0.25) is 5.91 Å². The molecule has 1 aliphatic heterocycles. The predicted molar refractivity (Wildman–Crippen MR) is 82.5 cm³/mol. The molecule has 0 aromatic heterocycles. The van der Waals surface area contributed by atoms with Crippen molar-refractivity contribution < 1.29 is 4.79 Å². The van der Waals surface area contributed by atoms with E-state index in [2.05, 4.69) is 18.9 Å². The van der Waals surface area contributed by atoms with Gasteiger partial charge in [-0.15, -0.1) is 0 Å². The Labute approximate surface area is 123 Å². The van der Waals surface area contributed by atoms with Crippen LogP contribution in [0.1, 0.15) is 51.9 Å². The maximum absolute atomic E-state index is 12.3. The van der Waals surface area contributed by atoms with Gasteiger partial charge in [0, 0.05) is 38.1 Å². The van der Waals surface area contributed by atoms with E-state index in [1.54, 1.807) is 0 Å². The molecule has 0 aromatic carbocycles. The zero-order chi connectivity index (χ0) is 14.5. The minimum absolute atomic E-state index is 0.210. The Bertz CT molecular complexity index is 307. The molecule has 2 rings (SSSR count). The molecule has 0 aromatic rings. The van der Waals surface area contributed by atoms with Gasteiger partial charge < -0.3 is 10.6 Å². The first kappa shape index (κ1) is 15.8. The Morgan fingerprint density at radius 2 is 1.85 bits per heavy atom. The highest BCUT2D eigenvalue weighted by molar-refractivity contribution is 5.77. The summed E-state index contributed by atoms with van der Waals surface area (Å²) < 4.78 is 0. The van der Waals surface area contributed by atoms with Gasteiger partial charge in [0.25, 0.3) is 0 Å². The Balaban J connectivity index is 1.85. The van der Waals surface area contributed by atoms with E-state index in [9.17, 15) is 4.79 Å². The van der Waals surface area contributed by atoms with Crippen molar-refractivity contribution in [2.24, 2.45) is 11.7 Å². The molecule has 2 aliphatic rings. The standard InChI is InChI=1S/C16H31N3O/c1-13-5-7-14(8-6-13)18(2)15(12-17)11-16(20)19-9-3-4-10-19/h13-15H,3-12,17H2,1-2H3. The highest BCUT2D eigenvalue weighted by atomic mass is 16.2. The molecule has 1 atom stereocenters. The maximum Gasteiger partial charge on any atom is 0.224 e. The van der Waals surface area contributed by atoms with Crippen molar-refractivity contribution in [1.29, 1.82) is 0 Å². The molecule has 4 nitrogen and oxygen atoms in total. The summed E-state index contributed by atoms with van der Waals surface area (Å²) in [5.74, 6) is 1.16. The van der Waals surface area contributed by atoms with Gasteiger partial charge in [-0.3, -0.25) is 9.69 Å². The zero-order valence-corrected chi connectivity index (χ0v) is 13.2. The number of hydrogen-bond donors (Lipinski definition) is 1. The van der Waals surface area contributed by atoms with Crippen LogP contribution < -0.4 is 5.73 Å². The molecule has 2 N–H and O–H groups in total. The van der Waals surface area contributed by atoms with E-state index in [1.165, 1.54) is 25.7 Å². The van der Waals surface area contributed by atoms with Gasteiger partial charge in [-0.2, -0.15) is 0 Å². The van der Waals surface area contributed by atoms with Crippen LogP contribution in [0.15, 0.2) is 0 Å². The quantitative estimate of drug-likeness (QED) is 0.836. The smallest absolute Gasteiger partial charge is 0.224 e. The van der Waals surface area contributed by atoms with Crippen LogP contribution in [0.3, 0.4) is 0 Å². The third-order valence-electron chi connectivity index (χ3n) is 5.28. The van der Waals surface area contributed by atoms with Gasteiger partial charge in [0.15, 0.2) is 0 Å². The second kappa shape index (κ2) is 7.41. The number of carbonyl (C=O) groups excluding carboxylic acids is 1. The Morgan fingerprint density at radius 3 is 2.40 bits per heavy atom. The van der Waals surface area contributed by atoms with E-state index in [0.29, 0.717) is 24.9 Å². The van der Waals surface area contributed by atoms with Gasteiger partial charge in [0.05, 0.1) is 0 Å². The number of carbonyl (C=O) groups is 1. The lowest BCUT2D eigenvalue weighted by Gasteiger charge is -2.38. The molecule has 0 bridgehead atoms. The van der Waals surface area contributed by atoms with E-state index in [0.717, 1.165) is 31.8 Å². The number of nitrogens with zero attached hydrogens (tertiary/aromatic N) is 2. The van der Waals surface area contributed by atoms with Gasteiger partial charge in [-0.1, -0.05) is 6.92 Å². The van der Waals surface area contributed by atoms with Gasteiger partial charge >= 0.3 is 0 Å². The van der Waals surface area contributed by atoms with Crippen molar-refractivity contribution in [3.05, 3.63) is 0 Å². The first-order valence-corrected chi connectivity index (χ1v) is 8.31. The summed E-state index contributed by atoms with van der Waals surface area (Å²) in [6, 6.07) is 0.827. The summed E-state index contributed by atoms with van der Waals surface area (Å²) in [6.45, 7) is 4.82. The minimum atomic E-state index is 0.210. The molecule has 20 heavy (non-hydrogen) atoms. The predicted octanol–water partition coefficient (Wildman–Crippen LogP) is 1.84. The number of rotatable bonds is 5. The van der Waals surface area contributed by atoms with Crippen LogP contribution in [-0.4, -0.2) is 54.5 Å². The lowest BCUT2D eigenvalue weighted by atomic mass is 9.86. The van der Waals surface area contributed by atoms with Crippen molar-refractivity contribution >= 4 is 5.91 Å². The Kier molecular flexibility index (Phi) is 5.85. The molecule has 4 heteroatoms. The van der Waals surface area contributed by atoms with Crippen LogP contribution in [0, 0.1) is 5.92 Å². The first-order valence-electron chi connectivity index (χ1n) is 8.31. The largest absolute Gasteiger partial charge is 0.343 e. The second-order valence-electron chi connectivity index (χ2n) is 6.76. The molecule has 1 unspecified atom stereocenters. The molecule has 2 fully saturated rings. The van der Waals surface area contributed by atoms with Crippen molar-refractivity contribution in [2.75, 3.05) is 26.7 Å². The van der Waals surface area contributed by atoms with Crippen molar-refractivity contribution in [3.63, 3.8) is 0 Å². The van der Waals surface area contributed by atoms with E-state index < -0.39 is 0 Å². The average molecular weight is 281 g/mol. The normalized spacial score (nSPS) is 28.9. The van der Waals surface area contributed by atoms with Gasteiger partial charge in [-0.05, 0) is 51.5 Å². The molecule has 1 amide bonds. The number of nitrogens with two attached hydrogens (primary N) is 1. The third kappa shape index (κ3) is 3.95. The van der Waals surface area contributed by atoms with Crippen LogP contribution >= 0.6 is 0 Å². The highest BCUT2D eigenvalue weighted by Gasteiger charge is 2.29. The number of likely N-dealkylation sites (N-methyl/N-ethyl adjacent to an activating group) is 1. The topological polar surface area (TPSA) is 49.6 Å². The summed E-state index contributed by atoms with van der Waals surface area (Å²) in [4.78, 5) is 16.7. The number of amides is 1. The van der Waals surface area contributed by atoms with Crippen molar-refractivity contribution in [2.45, 2.75) is 64.0 Å². The number of likely N-dealkylation sites (tertiary alicyclic amines) is 1. The van der Waals surface area contributed by atoms with E-state index >= 15 is 0 Å². The van der Waals surface area contributed by atoms with E-state index in [-0.39, 0.29) is 6.04 Å². The Morgan fingerprint density at radius 1 is 1.25 bits per heavy atom. The first-order chi connectivity index (χ1) is 9.61. The fourth-order valence-corrected chi connectivity index (χ4v) is 3.64. The van der Waals surface area contributed by atoms with E-state index in [4.69, 9.17) is 5.73 Å². The fourth-order valence-electron chi connectivity index (χ4n) is 3.64. The lowest BCUT2D eigenvalue weighted by Crippen LogP contribution is -2.48. The summed E-state index contributed by atoms with van der Waals surface area (Å²) in [6.07, 6.45) is 8.06. The second-order valence-corrected chi connectivity index (χ2v) is 6.76. The average Bonchev–Trinajstić information content (AvgIpc) is 2.99. The molecule has 116 valence electrons. The molecule has 1 heterocycles. The summed E-state index contributed by atoms with van der Waals surface area (Å²) in [5, 5.41) is 0. The third-order valence-corrected chi connectivity index (χ3v) is 5.28. The maximum atomic E-state index is 12.3. The molecule has 1 saturated carbocycles. The fraction of sp³-hybridized carbons (Fsp3) is 0.938. The van der Waals surface area contributed by atoms with Crippen molar-refractivity contribution in [3.8, 4) is 0 Å². The van der Waals surface area contributed by atoms with Crippen LogP contribution in [-0.2, 0) is 4.79 Å². The van der Waals surface area contributed by atoms with Gasteiger partial charge in [-0.25, -0.2) is 0 Å². The molecule has 1 aliphatic carbocycles. The monoisotopic (exact) mass is 281 g/mol. The molecule has 0 radical (unpaired) electrons. The van der Waals surface area contributed by atoms with Crippen molar-refractivity contribution in [1.82, 2.24) is 9.80 Å². The van der Waals surface area contributed by atoms with Crippen LogP contribution in [0.25, 0.3) is 0 Å². The summed E-state index contributed by atoms with van der Waals surface area (Å²) in [7, 11) is 2.16. The van der Waals surface area contributed by atoms with Crippen LogP contribution in [0.2, 0.25) is 0 Å². The molecular weight excluding hydrogens is 250 g/mol. The summed E-state index contributed by atoms with van der Waals surface area (Å²) >= 11 is 0. The van der Waals surface area contributed by atoms with E-state index in [1.807, 2.05) is 4.90 Å². The highest BCUT2D eigenvalue weighted by Crippen LogP contribution is 2.28. The number of hydrogen-bond acceptors (Lipinski definition) is 3. The summed E-state index contributed by atoms with van der Waals surface area (Å²) in [5.41, 5.74) is 5.94. The van der Waals surface area contributed by atoms with Gasteiger partial charge in [0.1, 0.15) is 0 Å². The SMILES string of the molecule is CC1CCC(N(C)C(CN)CC(=O)N2CCCC2)CC1. The van der Waals surface area contributed by atoms with Crippen LogP contribution in [0.4, 0.5) is 0 Å².